The second kappa shape index (κ2) is 28.2. The minimum absolute atomic E-state index is 0.0375. The van der Waals surface area contributed by atoms with E-state index in [2.05, 4.69) is 64.5 Å². The van der Waals surface area contributed by atoms with E-state index in [0.717, 1.165) is 37.2 Å². The molecule has 3 aromatic carbocycles. The summed E-state index contributed by atoms with van der Waals surface area (Å²) in [6.45, 7) is 18.6. The number of nitriles is 2. The minimum atomic E-state index is -0.557. The maximum atomic E-state index is 12.1. The normalized spacial score (nSPS) is 11.0. The lowest BCUT2D eigenvalue weighted by Gasteiger charge is -2.26. The summed E-state index contributed by atoms with van der Waals surface area (Å²) in [7, 11) is 0. The summed E-state index contributed by atoms with van der Waals surface area (Å²) in [5.41, 5.74) is 4.42. The summed E-state index contributed by atoms with van der Waals surface area (Å²) in [4.78, 5) is 26.6. The van der Waals surface area contributed by atoms with Crippen LogP contribution in [0.2, 0.25) is 0 Å². The van der Waals surface area contributed by atoms with Crippen molar-refractivity contribution in [2.75, 3.05) is 44.4 Å². The molecule has 0 bridgehead atoms. The second-order valence-corrected chi connectivity index (χ2v) is 15.2. The first kappa shape index (κ1) is 50.0. The number of aryl methyl sites for hydroxylation is 1. The van der Waals surface area contributed by atoms with Gasteiger partial charge in [-0.2, -0.15) is 15.6 Å². The third kappa shape index (κ3) is 17.7. The fourth-order valence-electron chi connectivity index (χ4n) is 6.23. The van der Waals surface area contributed by atoms with Gasteiger partial charge < -0.3 is 23.8 Å². The van der Waals surface area contributed by atoms with Crippen LogP contribution in [0.3, 0.4) is 0 Å². The number of hydrogen-bond donors (Lipinski definition) is 0. The summed E-state index contributed by atoms with van der Waals surface area (Å²) < 4.78 is 22.6. The van der Waals surface area contributed by atoms with Gasteiger partial charge in [0.2, 0.25) is 0 Å². The van der Waals surface area contributed by atoms with Crippen molar-refractivity contribution in [2.24, 2.45) is 20.5 Å². The van der Waals surface area contributed by atoms with E-state index in [-0.39, 0.29) is 71.7 Å². The number of ether oxygens (including phenoxy) is 4. The number of benzene rings is 3. The van der Waals surface area contributed by atoms with Gasteiger partial charge in [0, 0.05) is 42.1 Å². The molecule has 3 aromatic rings. The van der Waals surface area contributed by atoms with Gasteiger partial charge in [-0.05, 0) is 75.6 Å². The molecule has 0 unspecified atom stereocenters. The lowest BCUT2D eigenvalue weighted by Crippen LogP contribution is -2.25. The Morgan fingerprint density at radius 2 is 1.06 bits per heavy atom. The Hall–Kier alpha value is -6.34. The van der Waals surface area contributed by atoms with Gasteiger partial charge in [-0.15, -0.1) is 15.3 Å². The molecule has 3 rings (SSSR count). The predicted octanol–water partition coefficient (Wildman–Crippen LogP) is 13.1. The van der Waals surface area contributed by atoms with Gasteiger partial charge in [0.1, 0.15) is 61.1 Å². The van der Waals surface area contributed by atoms with E-state index in [1.165, 1.54) is 82.4 Å². The lowest BCUT2D eigenvalue weighted by atomic mass is 10.1. The number of anilines is 1. The molecule has 0 saturated heterocycles. The third-order valence-corrected chi connectivity index (χ3v) is 9.77. The van der Waals surface area contributed by atoms with Crippen LogP contribution in [0.15, 0.2) is 93.3 Å². The van der Waals surface area contributed by atoms with Crippen LogP contribution >= 0.6 is 0 Å². The van der Waals surface area contributed by atoms with E-state index in [4.69, 9.17) is 18.9 Å². The van der Waals surface area contributed by atoms with Crippen LogP contribution in [-0.4, -0.2) is 51.5 Å². The van der Waals surface area contributed by atoms with E-state index in [1.54, 1.807) is 26.0 Å². The summed E-state index contributed by atoms with van der Waals surface area (Å²) in [5.74, 6) is -0.673. The number of carbonyl (C=O) groups is 2. The zero-order valence-electron chi connectivity index (χ0n) is 37.3. The third-order valence-electron chi connectivity index (χ3n) is 9.77. The Morgan fingerprint density at radius 3 is 1.53 bits per heavy atom. The number of nitrogens with zero attached hydrogens (tertiary/aromatic N) is 7. The fraction of sp³-hybridized carbons (Fsp3) is 0.469. The first-order chi connectivity index (χ1) is 30.0. The van der Waals surface area contributed by atoms with Crippen LogP contribution < -0.4 is 14.4 Å². The zero-order valence-corrected chi connectivity index (χ0v) is 37.3. The molecule has 0 aliphatic heterocycles. The molecule has 62 heavy (non-hydrogen) atoms. The monoisotopic (exact) mass is 845 g/mol. The van der Waals surface area contributed by atoms with Crippen LogP contribution in [0.1, 0.15) is 121 Å². The first-order valence-electron chi connectivity index (χ1n) is 21.7. The van der Waals surface area contributed by atoms with Crippen molar-refractivity contribution >= 4 is 40.4 Å². The maximum Gasteiger partial charge on any atom is 0.333 e. The highest BCUT2D eigenvalue weighted by molar-refractivity contribution is 5.87. The molecule has 0 radical (unpaired) electrons. The van der Waals surface area contributed by atoms with E-state index >= 15 is 0 Å². The molecule has 0 amide bonds. The molecule has 0 saturated carbocycles. The van der Waals surface area contributed by atoms with Crippen LogP contribution in [0.5, 0.6) is 11.5 Å². The molecule has 0 spiro atoms. The number of azo groups is 2. The molecule has 0 heterocycles. The number of unbranched alkanes of at least 4 members (excludes halogenated alkanes) is 10. The smallest absolute Gasteiger partial charge is 0.333 e. The molecule has 0 aliphatic carbocycles. The highest BCUT2D eigenvalue weighted by Gasteiger charge is 2.16. The van der Waals surface area contributed by atoms with Gasteiger partial charge >= 0.3 is 11.9 Å². The molecule has 0 aromatic heterocycles. The van der Waals surface area contributed by atoms with Crippen molar-refractivity contribution < 1.29 is 28.5 Å². The molecular formula is C49H63N7O6. The summed E-state index contributed by atoms with van der Waals surface area (Å²) in [5, 5.41) is 37.0. The number of hydrogen-bond acceptors (Lipinski definition) is 13. The predicted molar refractivity (Wildman–Crippen MR) is 243 cm³/mol. The van der Waals surface area contributed by atoms with Gasteiger partial charge in [-0.25, -0.2) is 9.59 Å². The number of esters is 2. The lowest BCUT2D eigenvalue weighted by molar-refractivity contribution is -0.140. The summed E-state index contributed by atoms with van der Waals surface area (Å²) in [6.07, 6.45) is 14.9. The Kier molecular flexibility index (Phi) is 22.8. The zero-order chi connectivity index (χ0) is 45.1. The molecule has 13 heteroatoms. The van der Waals surface area contributed by atoms with Gasteiger partial charge in [0.25, 0.3) is 0 Å². The summed E-state index contributed by atoms with van der Waals surface area (Å²) in [6, 6.07) is 17.9. The highest BCUT2D eigenvalue weighted by Crippen LogP contribution is 2.42. The quantitative estimate of drug-likeness (QED) is 0.0285. The Labute approximate surface area is 368 Å². The fourth-order valence-corrected chi connectivity index (χ4v) is 6.23. The van der Waals surface area contributed by atoms with Crippen molar-refractivity contribution in [3.8, 4) is 23.6 Å². The van der Waals surface area contributed by atoms with Crippen molar-refractivity contribution in [3.63, 3.8) is 0 Å². The van der Waals surface area contributed by atoms with Crippen molar-refractivity contribution in [1.29, 1.82) is 10.5 Å². The van der Waals surface area contributed by atoms with E-state index in [0.29, 0.717) is 11.3 Å². The number of carbonyl (C=O) groups excluding carboxylic acids is 2. The van der Waals surface area contributed by atoms with E-state index < -0.39 is 11.9 Å². The average molecular weight is 846 g/mol. The molecule has 0 fully saturated rings. The SMILES string of the molecule is C=C(C)C(=O)OCCOc1cc(N=Nc2ccc(C#N)cc2C#N)c(OCCOC(=O)C(=C)C)cc1N=Nc1ccc(N(CCCCCCCC)CCCCCCCC)cc1C. The van der Waals surface area contributed by atoms with Crippen LogP contribution in [0.4, 0.5) is 28.4 Å². The van der Waals surface area contributed by atoms with Crippen molar-refractivity contribution in [3.05, 3.63) is 89.5 Å². The van der Waals surface area contributed by atoms with Crippen LogP contribution in [0, 0.1) is 29.6 Å². The maximum absolute atomic E-state index is 12.1. The van der Waals surface area contributed by atoms with E-state index in [1.807, 2.05) is 25.1 Å². The molecule has 0 N–H and O–H groups in total. The van der Waals surface area contributed by atoms with E-state index in [9.17, 15) is 20.1 Å². The largest absolute Gasteiger partial charge is 0.488 e. The molecule has 0 aliphatic rings. The van der Waals surface area contributed by atoms with Gasteiger partial charge in [-0.1, -0.05) is 91.2 Å². The topological polar surface area (TPSA) is 171 Å². The summed E-state index contributed by atoms with van der Waals surface area (Å²) >= 11 is 0. The Morgan fingerprint density at radius 1 is 0.597 bits per heavy atom. The van der Waals surface area contributed by atoms with Gasteiger partial charge in [0.05, 0.1) is 22.9 Å². The van der Waals surface area contributed by atoms with Gasteiger partial charge in [0.15, 0.2) is 0 Å². The van der Waals surface area contributed by atoms with Crippen LogP contribution in [-0.2, 0) is 19.1 Å². The van der Waals surface area contributed by atoms with Crippen molar-refractivity contribution in [1.82, 2.24) is 0 Å². The van der Waals surface area contributed by atoms with Gasteiger partial charge in [-0.3, -0.25) is 0 Å². The highest BCUT2D eigenvalue weighted by atomic mass is 16.6. The molecule has 330 valence electrons. The standard InChI is InChI=1S/C49H63N7O6/c1-8-10-12-14-16-18-24-56(25-19-17-15-13-11-9-2)41-21-23-42(38(7)30-41)52-54-44-32-47(60-27-29-62-49(58)37(5)6)45(33-46(44)59-26-28-61-48(57)36(3)4)55-53-43-22-20-39(34-50)31-40(43)35-51/h20-23,30-33H,3,5,8-19,24-29H2,1-2,4,6-7H3. The molecular weight excluding hydrogens is 783 g/mol. The molecule has 0 atom stereocenters. The van der Waals surface area contributed by atoms with Crippen molar-refractivity contribution in [2.45, 2.75) is 112 Å². The Balaban J connectivity index is 2.00. The Bertz CT molecular complexity index is 2080. The average Bonchev–Trinajstić information content (AvgIpc) is 3.27. The second-order valence-electron chi connectivity index (χ2n) is 15.2. The molecule has 13 nitrogen and oxygen atoms in total. The minimum Gasteiger partial charge on any atom is -0.488 e. The van der Waals surface area contributed by atoms with Crippen LogP contribution in [0.25, 0.3) is 0 Å². The first-order valence-corrected chi connectivity index (χ1v) is 21.7. The number of rotatable bonds is 29.